The summed E-state index contributed by atoms with van der Waals surface area (Å²) in [6, 6.07) is -2.62. The van der Waals surface area contributed by atoms with E-state index in [1.807, 2.05) is 34.6 Å². The number of likely N-dealkylation sites (tertiary alicyclic amines) is 1. The molecular weight excluding hydrogens is 408 g/mol. The number of Topliss-reactive ketones (excluding diaryl/α,β-unsaturated/α-hetero) is 1. The fraction of sp³-hybridized carbons (Fsp3) is 0.667. The Hall–Kier alpha value is -2.66. The molecule has 1 aliphatic heterocycles. The van der Waals surface area contributed by atoms with Crippen LogP contribution in [0.2, 0.25) is 0 Å². The van der Waals surface area contributed by atoms with E-state index in [-0.39, 0.29) is 37.1 Å². The Morgan fingerprint density at radius 2 is 1.91 bits per heavy atom. The zero-order chi connectivity index (χ0) is 24.6. The number of hydrogen-bond acceptors (Lipinski definition) is 5. The molecule has 1 aliphatic rings. The van der Waals surface area contributed by atoms with Gasteiger partial charge in [0.1, 0.15) is 6.04 Å². The lowest BCUT2D eigenvalue weighted by atomic mass is 9.85. The zero-order valence-corrected chi connectivity index (χ0v) is 19.9. The molecule has 1 heterocycles. The van der Waals surface area contributed by atoms with E-state index in [0.717, 1.165) is 0 Å². The Bertz CT molecular complexity index is 763. The van der Waals surface area contributed by atoms with Crippen molar-refractivity contribution in [3.63, 3.8) is 0 Å². The molecule has 8 heteroatoms. The lowest BCUT2D eigenvalue weighted by Gasteiger charge is -2.35. The van der Waals surface area contributed by atoms with Crippen LogP contribution >= 0.6 is 0 Å². The number of nitrogens with zero attached hydrogens (tertiary/aromatic N) is 1. The molecule has 178 valence electrons. The Labute approximate surface area is 191 Å². The Morgan fingerprint density at radius 3 is 2.41 bits per heavy atom. The summed E-state index contributed by atoms with van der Waals surface area (Å²) < 4.78 is 0. The van der Waals surface area contributed by atoms with E-state index >= 15 is 0 Å². The maximum Gasteiger partial charge on any atom is 0.289 e. The molecule has 3 amide bonds. The Morgan fingerprint density at radius 1 is 1.28 bits per heavy atom. The molecule has 0 aromatic carbocycles. The van der Waals surface area contributed by atoms with Gasteiger partial charge in [-0.15, -0.1) is 18.9 Å². The van der Waals surface area contributed by atoms with Crippen molar-refractivity contribution in [1.29, 1.82) is 0 Å². The highest BCUT2D eigenvalue weighted by Crippen LogP contribution is 2.33. The van der Waals surface area contributed by atoms with E-state index in [4.69, 9.17) is 12.2 Å². The van der Waals surface area contributed by atoms with Crippen LogP contribution in [0.25, 0.3) is 0 Å². The van der Waals surface area contributed by atoms with Crippen molar-refractivity contribution in [2.24, 2.45) is 23.0 Å². The van der Waals surface area contributed by atoms with Crippen molar-refractivity contribution < 1.29 is 19.2 Å². The topological polar surface area (TPSA) is 122 Å². The largest absolute Gasteiger partial charge is 0.346 e. The highest BCUT2D eigenvalue weighted by Gasteiger charge is 2.46. The van der Waals surface area contributed by atoms with Crippen LogP contribution in [0.15, 0.2) is 12.7 Å². The smallest absolute Gasteiger partial charge is 0.289 e. The van der Waals surface area contributed by atoms with Gasteiger partial charge in [-0.05, 0) is 30.1 Å². The average Bonchev–Trinajstić information content (AvgIpc) is 3.18. The minimum Gasteiger partial charge on any atom is -0.346 e. The number of nitrogens with two attached hydrogens (primary N) is 1. The first-order chi connectivity index (χ1) is 14.9. The second kappa shape index (κ2) is 11.8. The predicted octanol–water partition coefficient (Wildman–Crippen LogP) is 1.00. The number of terminal acetylenes is 1. The number of rotatable bonds is 10. The second-order valence-electron chi connectivity index (χ2n) is 9.68. The van der Waals surface area contributed by atoms with E-state index < -0.39 is 41.1 Å². The molecule has 32 heavy (non-hydrogen) atoms. The average molecular weight is 447 g/mol. The highest BCUT2D eigenvalue weighted by atomic mass is 16.2. The first-order valence-electron chi connectivity index (χ1n) is 11.1. The van der Waals surface area contributed by atoms with Gasteiger partial charge in [-0.3, -0.25) is 19.2 Å². The molecule has 0 aromatic heterocycles. The first-order valence-corrected chi connectivity index (χ1v) is 11.1. The molecule has 0 aliphatic carbocycles. The predicted molar refractivity (Wildman–Crippen MR) is 124 cm³/mol. The quantitative estimate of drug-likeness (QED) is 0.263. The van der Waals surface area contributed by atoms with Gasteiger partial charge in [0.15, 0.2) is 0 Å². The summed E-state index contributed by atoms with van der Waals surface area (Å²) in [6.07, 6.45) is 7.77. The molecule has 1 unspecified atom stereocenters. The van der Waals surface area contributed by atoms with Crippen LogP contribution in [0, 0.1) is 29.6 Å². The third kappa shape index (κ3) is 6.92. The van der Waals surface area contributed by atoms with Crippen LogP contribution in [0.3, 0.4) is 0 Å². The van der Waals surface area contributed by atoms with Gasteiger partial charge in [-0.1, -0.05) is 40.7 Å². The lowest BCUT2D eigenvalue weighted by Crippen LogP contribution is -2.58. The molecule has 0 bridgehead atoms. The van der Waals surface area contributed by atoms with Crippen molar-refractivity contribution >= 4 is 23.5 Å². The summed E-state index contributed by atoms with van der Waals surface area (Å²) >= 11 is 0. The van der Waals surface area contributed by atoms with E-state index in [1.165, 1.54) is 11.0 Å². The number of carbonyl (C=O) groups excluding carboxylic acids is 4. The van der Waals surface area contributed by atoms with E-state index in [0.29, 0.717) is 13.0 Å². The monoisotopic (exact) mass is 446 g/mol. The number of nitrogens with one attached hydrogen (secondary N) is 2. The normalized spacial score (nSPS) is 20.2. The fourth-order valence-corrected chi connectivity index (χ4v) is 3.81. The first kappa shape index (κ1) is 27.4. The summed E-state index contributed by atoms with van der Waals surface area (Å²) in [7, 11) is 0. The Balaban J connectivity index is 3.15. The molecule has 0 aromatic rings. The van der Waals surface area contributed by atoms with Crippen molar-refractivity contribution in [1.82, 2.24) is 15.5 Å². The maximum absolute atomic E-state index is 13.4. The molecule has 4 N–H and O–H groups in total. The minimum atomic E-state index is -1.08. The van der Waals surface area contributed by atoms with Gasteiger partial charge in [-0.25, -0.2) is 0 Å². The second-order valence-corrected chi connectivity index (χ2v) is 9.68. The van der Waals surface area contributed by atoms with Gasteiger partial charge in [0.05, 0.1) is 12.1 Å². The standard InChI is InChI=1S/C24H38N4O4/c1-8-10-11-17(19(29)22(31)26-13-9-2)27-21(30)18-16(15(3)4)12-14-28(18)23(32)20(25)24(5,6)7/h1,9,15-18,20H,2,10-14,25H2,3-7H3,(H,26,31)(H,27,30)/t16-,17?,18+,20-/m1/s1. The van der Waals surface area contributed by atoms with Crippen LogP contribution in [-0.4, -0.2) is 59.6 Å². The number of ketones is 1. The third-order valence-electron chi connectivity index (χ3n) is 5.89. The van der Waals surface area contributed by atoms with Gasteiger partial charge in [0, 0.05) is 19.5 Å². The summed E-state index contributed by atoms with van der Waals surface area (Å²) in [5.74, 6) is 0.105. The van der Waals surface area contributed by atoms with Gasteiger partial charge in [0.2, 0.25) is 17.6 Å². The minimum absolute atomic E-state index is 0.0934. The molecule has 0 radical (unpaired) electrons. The summed E-state index contributed by atoms with van der Waals surface area (Å²) in [5.41, 5.74) is 5.73. The lowest BCUT2D eigenvalue weighted by molar-refractivity contribution is -0.144. The SMILES string of the molecule is C#CCCC(NC(=O)[C@@H]1[C@@H](C(C)C)CCN1C(=O)[C@@H](N)C(C)(C)C)C(=O)C(=O)NCC=C. The van der Waals surface area contributed by atoms with Gasteiger partial charge in [-0.2, -0.15) is 0 Å². The van der Waals surface area contributed by atoms with Crippen LogP contribution in [0.4, 0.5) is 0 Å². The van der Waals surface area contributed by atoms with Gasteiger partial charge in [0.25, 0.3) is 5.91 Å². The molecule has 8 nitrogen and oxygen atoms in total. The van der Waals surface area contributed by atoms with E-state index in [1.54, 1.807) is 0 Å². The summed E-state index contributed by atoms with van der Waals surface area (Å²) in [6.45, 7) is 13.6. The molecule has 0 spiro atoms. The molecule has 1 fully saturated rings. The summed E-state index contributed by atoms with van der Waals surface area (Å²) in [4.78, 5) is 52.8. The van der Waals surface area contributed by atoms with Crippen LogP contribution in [0.1, 0.15) is 53.9 Å². The molecule has 1 rings (SSSR count). The third-order valence-corrected chi connectivity index (χ3v) is 5.89. The van der Waals surface area contributed by atoms with Crippen molar-refractivity contribution in [2.75, 3.05) is 13.1 Å². The summed E-state index contributed by atoms with van der Waals surface area (Å²) in [5, 5.41) is 5.12. The number of carbonyl (C=O) groups is 4. The van der Waals surface area contributed by atoms with Gasteiger partial charge >= 0.3 is 0 Å². The molecular formula is C24H38N4O4. The molecule has 0 saturated carbocycles. The van der Waals surface area contributed by atoms with E-state index in [2.05, 4.69) is 23.1 Å². The molecule has 4 atom stereocenters. The van der Waals surface area contributed by atoms with Crippen molar-refractivity contribution in [3.05, 3.63) is 12.7 Å². The van der Waals surface area contributed by atoms with Gasteiger partial charge < -0.3 is 21.3 Å². The van der Waals surface area contributed by atoms with E-state index in [9.17, 15) is 19.2 Å². The van der Waals surface area contributed by atoms with Crippen LogP contribution in [-0.2, 0) is 19.2 Å². The maximum atomic E-state index is 13.4. The van der Waals surface area contributed by atoms with Crippen LogP contribution in [0.5, 0.6) is 0 Å². The van der Waals surface area contributed by atoms with Crippen molar-refractivity contribution in [3.8, 4) is 12.3 Å². The zero-order valence-electron chi connectivity index (χ0n) is 19.9. The number of amides is 3. The molecule has 1 saturated heterocycles. The van der Waals surface area contributed by atoms with Crippen molar-refractivity contribution in [2.45, 2.75) is 72.0 Å². The number of hydrogen-bond donors (Lipinski definition) is 3. The Kier molecular flexibility index (Phi) is 10.1. The fourth-order valence-electron chi connectivity index (χ4n) is 3.81. The van der Waals surface area contributed by atoms with Crippen LogP contribution < -0.4 is 16.4 Å². The highest BCUT2D eigenvalue weighted by molar-refractivity contribution is 6.38.